The summed E-state index contributed by atoms with van der Waals surface area (Å²) in [6, 6.07) is 26.9. The van der Waals surface area contributed by atoms with Gasteiger partial charge in [0.15, 0.2) is 0 Å². The predicted octanol–water partition coefficient (Wildman–Crippen LogP) is 4.97. The van der Waals surface area contributed by atoms with Crippen molar-refractivity contribution in [1.29, 1.82) is 0 Å². The van der Waals surface area contributed by atoms with Crippen LogP contribution in [0.2, 0.25) is 0 Å². The van der Waals surface area contributed by atoms with Crippen LogP contribution in [0, 0.1) is 6.92 Å². The van der Waals surface area contributed by atoms with Crippen LogP contribution in [-0.4, -0.2) is 24.1 Å². The summed E-state index contributed by atoms with van der Waals surface area (Å²) >= 11 is 0. The maximum absolute atomic E-state index is 13.3. The first-order chi connectivity index (χ1) is 15.4. The fourth-order valence-electron chi connectivity index (χ4n) is 4.00. The molecule has 5 nitrogen and oxygen atoms in total. The Balaban J connectivity index is 1.84. The molecule has 4 aromatic rings. The number of rotatable bonds is 7. The quantitative estimate of drug-likeness (QED) is 0.436. The molecule has 3 aromatic carbocycles. The summed E-state index contributed by atoms with van der Waals surface area (Å²) in [5.74, 6) is -0.931. The van der Waals surface area contributed by atoms with Gasteiger partial charge < -0.3 is 9.67 Å². The lowest BCUT2D eigenvalue weighted by Crippen LogP contribution is -2.12. The van der Waals surface area contributed by atoms with Gasteiger partial charge >= 0.3 is 5.97 Å². The molecule has 0 amide bonds. The molecule has 0 unspecified atom stereocenters. The van der Waals surface area contributed by atoms with Crippen LogP contribution < -0.4 is 0 Å². The van der Waals surface area contributed by atoms with E-state index >= 15 is 0 Å². The van der Waals surface area contributed by atoms with Gasteiger partial charge in [-0.2, -0.15) is 0 Å². The van der Waals surface area contributed by atoms with E-state index in [0.717, 1.165) is 22.5 Å². The molecule has 0 aliphatic rings. The second-order valence-electron chi connectivity index (χ2n) is 7.61. The second-order valence-corrected chi connectivity index (χ2v) is 9.52. The second kappa shape index (κ2) is 8.85. The molecule has 1 heterocycles. The Morgan fingerprint density at radius 1 is 0.844 bits per heavy atom. The predicted molar refractivity (Wildman–Crippen MR) is 123 cm³/mol. The van der Waals surface area contributed by atoms with Crippen LogP contribution in [0.4, 0.5) is 0 Å². The number of aryl methyl sites for hydroxylation is 1. The smallest absolute Gasteiger partial charge is 0.323 e. The number of sulfone groups is 1. The van der Waals surface area contributed by atoms with Crippen molar-refractivity contribution in [3.05, 3.63) is 108 Å². The Hall–Kier alpha value is -3.64. The molecule has 0 saturated carbocycles. The van der Waals surface area contributed by atoms with Crippen molar-refractivity contribution in [3.63, 3.8) is 0 Å². The van der Waals surface area contributed by atoms with E-state index in [9.17, 15) is 18.3 Å². The molecule has 0 bridgehead atoms. The van der Waals surface area contributed by atoms with E-state index in [4.69, 9.17) is 0 Å². The fraction of sp³-hybridized carbons (Fsp3) is 0.115. The number of benzene rings is 3. The molecule has 1 aromatic heterocycles. The highest BCUT2D eigenvalue weighted by molar-refractivity contribution is 7.91. The van der Waals surface area contributed by atoms with E-state index in [-0.39, 0.29) is 16.3 Å². The van der Waals surface area contributed by atoms with E-state index in [1.165, 1.54) is 0 Å². The molecule has 4 rings (SSSR count). The summed E-state index contributed by atoms with van der Waals surface area (Å²) in [6.07, 6.45) is 0.361. The molecule has 32 heavy (non-hydrogen) atoms. The Bertz CT molecular complexity index is 1360. The van der Waals surface area contributed by atoms with Crippen molar-refractivity contribution in [1.82, 2.24) is 4.57 Å². The lowest BCUT2D eigenvalue weighted by Gasteiger charge is -2.14. The molecule has 0 radical (unpaired) electrons. The van der Waals surface area contributed by atoms with Crippen LogP contribution in [0.3, 0.4) is 0 Å². The normalized spacial score (nSPS) is 11.4. The van der Waals surface area contributed by atoms with Gasteiger partial charge in [0.1, 0.15) is 6.54 Å². The topological polar surface area (TPSA) is 76.4 Å². The summed E-state index contributed by atoms with van der Waals surface area (Å²) in [4.78, 5) is 12.0. The first-order valence-corrected chi connectivity index (χ1v) is 11.7. The van der Waals surface area contributed by atoms with Gasteiger partial charge in [-0.05, 0) is 47.9 Å². The third kappa shape index (κ3) is 4.22. The minimum atomic E-state index is -3.69. The molecule has 0 fully saturated rings. The first-order valence-electron chi connectivity index (χ1n) is 10.2. The molecule has 0 aliphatic carbocycles. The van der Waals surface area contributed by atoms with E-state index in [1.54, 1.807) is 47.0 Å². The zero-order chi connectivity index (χ0) is 22.7. The third-order valence-corrected chi connectivity index (χ3v) is 7.29. The van der Waals surface area contributed by atoms with Crippen LogP contribution in [-0.2, 0) is 27.6 Å². The summed E-state index contributed by atoms with van der Waals surface area (Å²) in [7, 11) is -3.69. The highest BCUT2D eigenvalue weighted by atomic mass is 32.2. The van der Waals surface area contributed by atoms with Crippen LogP contribution in [0.25, 0.3) is 11.3 Å². The van der Waals surface area contributed by atoms with Crippen LogP contribution in [0.15, 0.2) is 101 Å². The van der Waals surface area contributed by atoms with Gasteiger partial charge in [0.25, 0.3) is 0 Å². The maximum Gasteiger partial charge on any atom is 0.323 e. The lowest BCUT2D eigenvalue weighted by molar-refractivity contribution is -0.137. The number of hydrogen-bond donors (Lipinski definition) is 1. The van der Waals surface area contributed by atoms with Gasteiger partial charge in [-0.25, -0.2) is 8.42 Å². The van der Waals surface area contributed by atoms with Crippen molar-refractivity contribution in [3.8, 4) is 11.3 Å². The van der Waals surface area contributed by atoms with E-state index in [0.29, 0.717) is 12.0 Å². The number of aromatic nitrogens is 1. The van der Waals surface area contributed by atoms with Crippen molar-refractivity contribution in [2.45, 2.75) is 29.7 Å². The zero-order valence-electron chi connectivity index (χ0n) is 17.6. The Kier molecular flexibility index (Phi) is 5.97. The molecule has 0 atom stereocenters. The Morgan fingerprint density at radius 3 is 2.09 bits per heavy atom. The number of carboxylic acid groups (broad SMARTS) is 1. The standard InChI is InChI=1S/C26H23NO4S/c1-19-16-22(26(27(19)18-25(28)29)20-10-4-2-5-11-20)17-21-12-8-9-15-24(21)32(30,31)23-13-6-3-7-14-23/h2-16H,17-18H2,1H3,(H,28,29). The molecule has 162 valence electrons. The van der Waals surface area contributed by atoms with Crippen molar-refractivity contribution in [2.75, 3.05) is 0 Å². The molecule has 1 N–H and O–H groups in total. The van der Waals surface area contributed by atoms with E-state index in [1.807, 2.05) is 55.5 Å². The number of nitrogens with zero attached hydrogens (tertiary/aromatic N) is 1. The van der Waals surface area contributed by atoms with Gasteiger partial charge in [-0.3, -0.25) is 4.79 Å². The third-order valence-electron chi connectivity index (χ3n) is 5.42. The summed E-state index contributed by atoms with van der Waals surface area (Å²) in [5, 5.41) is 9.44. The van der Waals surface area contributed by atoms with Gasteiger partial charge in [0, 0.05) is 12.1 Å². The highest BCUT2D eigenvalue weighted by Gasteiger charge is 2.23. The maximum atomic E-state index is 13.3. The van der Waals surface area contributed by atoms with Crippen molar-refractivity contribution in [2.24, 2.45) is 0 Å². The zero-order valence-corrected chi connectivity index (χ0v) is 18.4. The SMILES string of the molecule is Cc1cc(Cc2ccccc2S(=O)(=O)c2ccccc2)c(-c2ccccc2)n1CC(=O)O. The average Bonchev–Trinajstić information content (AvgIpc) is 3.09. The van der Waals surface area contributed by atoms with Crippen LogP contribution in [0.5, 0.6) is 0 Å². The summed E-state index contributed by atoms with van der Waals surface area (Å²) < 4.78 is 28.4. The van der Waals surface area contributed by atoms with Gasteiger partial charge in [0.05, 0.1) is 15.5 Å². The lowest BCUT2D eigenvalue weighted by atomic mass is 10.0. The number of carbonyl (C=O) groups is 1. The molecule has 6 heteroatoms. The van der Waals surface area contributed by atoms with E-state index < -0.39 is 15.8 Å². The average molecular weight is 446 g/mol. The fourth-order valence-corrected chi connectivity index (χ4v) is 5.52. The van der Waals surface area contributed by atoms with Gasteiger partial charge in [-0.1, -0.05) is 66.7 Å². The molecular weight excluding hydrogens is 422 g/mol. The largest absolute Gasteiger partial charge is 0.480 e. The molecule has 0 saturated heterocycles. The first kappa shape index (κ1) is 21.6. The highest BCUT2D eigenvalue weighted by Crippen LogP contribution is 2.32. The van der Waals surface area contributed by atoms with Crippen LogP contribution in [0.1, 0.15) is 16.8 Å². The molecular formula is C26H23NO4S. The van der Waals surface area contributed by atoms with E-state index in [2.05, 4.69) is 0 Å². The van der Waals surface area contributed by atoms with Gasteiger partial charge in [0.2, 0.25) is 9.84 Å². The summed E-state index contributed by atoms with van der Waals surface area (Å²) in [5.41, 5.74) is 4.04. The van der Waals surface area contributed by atoms with Gasteiger partial charge in [-0.15, -0.1) is 0 Å². The Morgan fingerprint density at radius 2 is 1.44 bits per heavy atom. The van der Waals surface area contributed by atoms with Crippen molar-refractivity contribution >= 4 is 15.8 Å². The number of aliphatic carboxylic acids is 1. The van der Waals surface area contributed by atoms with Crippen LogP contribution >= 0.6 is 0 Å². The minimum absolute atomic E-state index is 0.167. The van der Waals surface area contributed by atoms with Crippen molar-refractivity contribution < 1.29 is 18.3 Å². The molecule has 0 aliphatic heterocycles. The number of carboxylic acids is 1. The molecule has 0 spiro atoms. The monoisotopic (exact) mass is 445 g/mol. The Labute approximate surface area is 187 Å². The summed E-state index contributed by atoms with van der Waals surface area (Å²) in [6.45, 7) is 1.70. The minimum Gasteiger partial charge on any atom is -0.480 e. The number of hydrogen-bond acceptors (Lipinski definition) is 3.